The molecule has 8 nitrogen and oxygen atoms in total. The third kappa shape index (κ3) is 6.75. The van der Waals surface area contributed by atoms with Gasteiger partial charge in [0.25, 0.3) is 5.91 Å². The zero-order valence-electron chi connectivity index (χ0n) is 16.7. The molecule has 1 aliphatic rings. The Kier molecular flexibility index (Phi) is 8.58. The number of rotatable bonds is 7. The van der Waals surface area contributed by atoms with Crippen molar-refractivity contribution in [1.82, 2.24) is 15.5 Å². The van der Waals surface area contributed by atoms with E-state index in [1.54, 1.807) is 17.9 Å². The second-order valence-electron chi connectivity index (χ2n) is 6.76. The van der Waals surface area contributed by atoms with Gasteiger partial charge in [0.05, 0.1) is 13.2 Å². The molecule has 1 saturated heterocycles. The van der Waals surface area contributed by atoms with Crippen molar-refractivity contribution in [3.05, 3.63) is 35.4 Å². The predicted octanol–water partition coefficient (Wildman–Crippen LogP) is 1.85. The molecule has 0 spiro atoms. The number of amides is 2. The molecule has 8 heteroatoms. The monoisotopic (exact) mass is 389 g/mol. The Morgan fingerprint density at radius 3 is 2.71 bits per heavy atom. The number of guanidine groups is 1. The van der Waals surface area contributed by atoms with Crippen LogP contribution in [0.1, 0.15) is 49.0 Å². The number of carbonyl (C=O) groups excluding carboxylic acids is 2. The second-order valence-corrected chi connectivity index (χ2v) is 6.76. The lowest BCUT2D eigenvalue weighted by Crippen LogP contribution is -2.48. The molecule has 1 aromatic rings. The highest BCUT2D eigenvalue weighted by Crippen LogP contribution is 2.12. The Balaban J connectivity index is 1.82. The molecule has 154 valence electrons. The summed E-state index contributed by atoms with van der Waals surface area (Å²) < 4.78 is 5.02. The van der Waals surface area contributed by atoms with Gasteiger partial charge in [-0.3, -0.25) is 4.79 Å². The molecule has 0 saturated carbocycles. The van der Waals surface area contributed by atoms with Gasteiger partial charge in [-0.15, -0.1) is 0 Å². The Morgan fingerprint density at radius 1 is 1.29 bits per heavy atom. The Hall–Kier alpha value is -2.77. The van der Waals surface area contributed by atoms with Crippen molar-refractivity contribution in [3.63, 3.8) is 0 Å². The number of nitrogens with two attached hydrogens (primary N) is 1. The first-order chi connectivity index (χ1) is 13.5. The minimum atomic E-state index is -0.259. The standard InChI is InChI=1S/C20H31N5O3/c1-3-10-22-18(26)16-7-5-6-15(13-16)14-23-19(21)24-17-8-11-25(12-9-17)20(27)28-4-2/h5-7,13,17H,3-4,8-12,14H2,1-2H3,(H,22,26)(H3,21,23,24). The minimum absolute atomic E-state index is 0.0767. The molecule has 0 unspecified atom stereocenters. The number of likely N-dealkylation sites (tertiary alicyclic amines) is 1. The van der Waals surface area contributed by atoms with Crippen molar-refractivity contribution in [2.45, 2.75) is 45.7 Å². The van der Waals surface area contributed by atoms with E-state index in [9.17, 15) is 9.59 Å². The van der Waals surface area contributed by atoms with E-state index in [-0.39, 0.29) is 18.0 Å². The fourth-order valence-corrected chi connectivity index (χ4v) is 3.00. The van der Waals surface area contributed by atoms with Gasteiger partial charge in [-0.1, -0.05) is 19.1 Å². The topological polar surface area (TPSA) is 109 Å². The van der Waals surface area contributed by atoms with E-state index in [1.165, 1.54) is 0 Å². The summed E-state index contributed by atoms with van der Waals surface area (Å²) >= 11 is 0. The van der Waals surface area contributed by atoms with Gasteiger partial charge >= 0.3 is 6.09 Å². The van der Waals surface area contributed by atoms with Crippen LogP contribution in [0.4, 0.5) is 4.79 Å². The quantitative estimate of drug-likeness (QED) is 0.487. The fraction of sp³-hybridized carbons (Fsp3) is 0.550. The summed E-state index contributed by atoms with van der Waals surface area (Å²) in [6.07, 6.45) is 2.23. The van der Waals surface area contributed by atoms with E-state index in [4.69, 9.17) is 10.5 Å². The molecule has 0 radical (unpaired) electrons. The van der Waals surface area contributed by atoms with Crippen molar-refractivity contribution in [2.24, 2.45) is 10.7 Å². The summed E-state index contributed by atoms with van der Waals surface area (Å²) in [5.74, 6) is 0.294. The maximum Gasteiger partial charge on any atom is 0.409 e. The molecule has 28 heavy (non-hydrogen) atoms. The maximum absolute atomic E-state index is 12.1. The van der Waals surface area contributed by atoms with Gasteiger partial charge in [0.2, 0.25) is 0 Å². The van der Waals surface area contributed by atoms with Crippen LogP contribution in [-0.4, -0.2) is 55.1 Å². The fourth-order valence-electron chi connectivity index (χ4n) is 3.00. The van der Waals surface area contributed by atoms with E-state index in [0.717, 1.165) is 24.8 Å². The Labute approximate surface area is 166 Å². The van der Waals surface area contributed by atoms with E-state index in [1.807, 2.05) is 25.1 Å². The molecule has 1 heterocycles. The molecular formula is C20H31N5O3. The molecular weight excluding hydrogens is 358 g/mol. The van der Waals surface area contributed by atoms with Crippen LogP contribution in [0.3, 0.4) is 0 Å². The molecule has 2 amide bonds. The van der Waals surface area contributed by atoms with E-state index in [2.05, 4.69) is 15.6 Å². The summed E-state index contributed by atoms with van der Waals surface area (Å²) in [5.41, 5.74) is 7.56. The van der Waals surface area contributed by atoms with Crippen LogP contribution in [0.5, 0.6) is 0 Å². The lowest BCUT2D eigenvalue weighted by molar-refractivity contribution is 0.0949. The molecule has 0 aromatic heterocycles. The number of hydrogen-bond donors (Lipinski definition) is 3. The first-order valence-corrected chi connectivity index (χ1v) is 9.88. The number of benzene rings is 1. The molecule has 1 aliphatic heterocycles. The van der Waals surface area contributed by atoms with Gasteiger partial charge in [0, 0.05) is 31.2 Å². The number of carbonyl (C=O) groups is 2. The average Bonchev–Trinajstić information content (AvgIpc) is 2.71. The predicted molar refractivity (Wildman–Crippen MR) is 109 cm³/mol. The number of aliphatic imine (C=N–C) groups is 1. The Morgan fingerprint density at radius 2 is 2.04 bits per heavy atom. The lowest BCUT2D eigenvalue weighted by Gasteiger charge is -2.31. The van der Waals surface area contributed by atoms with Gasteiger partial charge in [-0.25, -0.2) is 9.79 Å². The van der Waals surface area contributed by atoms with Crippen molar-refractivity contribution < 1.29 is 14.3 Å². The number of ether oxygens (including phenoxy) is 1. The summed E-state index contributed by atoms with van der Waals surface area (Å²) in [5, 5.41) is 6.08. The molecule has 2 rings (SSSR count). The minimum Gasteiger partial charge on any atom is -0.450 e. The summed E-state index contributed by atoms with van der Waals surface area (Å²) in [6, 6.07) is 7.57. The van der Waals surface area contributed by atoms with Crippen LogP contribution >= 0.6 is 0 Å². The average molecular weight is 390 g/mol. The zero-order chi connectivity index (χ0) is 20.4. The number of nitrogens with zero attached hydrogens (tertiary/aromatic N) is 2. The number of hydrogen-bond acceptors (Lipinski definition) is 4. The lowest BCUT2D eigenvalue weighted by atomic mass is 10.1. The molecule has 1 fully saturated rings. The largest absolute Gasteiger partial charge is 0.450 e. The Bertz CT molecular complexity index is 684. The van der Waals surface area contributed by atoms with E-state index in [0.29, 0.717) is 44.3 Å². The first-order valence-electron chi connectivity index (χ1n) is 9.88. The smallest absolute Gasteiger partial charge is 0.409 e. The molecule has 1 aromatic carbocycles. The van der Waals surface area contributed by atoms with Crippen LogP contribution in [-0.2, 0) is 11.3 Å². The van der Waals surface area contributed by atoms with Crippen LogP contribution in [0.25, 0.3) is 0 Å². The first kappa shape index (κ1) is 21.5. The van der Waals surface area contributed by atoms with Crippen LogP contribution in [0, 0.1) is 0 Å². The maximum atomic E-state index is 12.1. The van der Waals surface area contributed by atoms with Crippen molar-refractivity contribution in [2.75, 3.05) is 26.2 Å². The van der Waals surface area contributed by atoms with Crippen LogP contribution in [0.2, 0.25) is 0 Å². The van der Waals surface area contributed by atoms with E-state index >= 15 is 0 Å². The van der Waals surface area contributed by atoms with Gasteiger partial charge in [-0.05, 0) is 43.9 Å². The van der Waals surface area contributed by atoms with Gasteiger partial charge < -0.3 is 26.0 Å². The summed E-state index contributed by atoms with van der Waals surface area (Å²) in [7, 11) is 0. The van der Waals surface area contributed by atoms with Crippen molar-refractivity contribution >= 4 is 18.0 Å². The van der Waals surface area contributed by atoms with Gasteiger partial charge in [-0.2, -0.15) is 0 Å². The number of nitrogens with one attached hydrogen (secondary N) is 2. The normalized spacial score (nSPS) is 15.2. The van der Waals surface area contributed by atoms with Crippen molar-refractivity contribution in [3.8, 4) is 0 Å². The number of piperidine rings is 1. The van der Waals surface area contributed by atoms with Crippen molar-refractivity contribution in [1.29, 1.82) is 0 Å². The van der Waals surface area contributed by atoms with Gasteiger partial charge in [0.1, 0.15) is 0 Å². The highest BCUT2D eigenvalue weighted by Gasteiger charge is 2.23. The van der Waals surface area contributed by atoms with Gasteiger partial charge in [0.15, 0.2) is 5.96 Å². The molecule has 4 N–H and O–H groups in total. The zero-order valence-corrected chi connectivity index (χ0v) is 16.7. The SMILES string of the molecule is CCCNC(=O)c1cccc(CN=C(N)NC2CCN(C(=O)OCC)CC2)c1. The highest BCUT2D eigenvalue weighted by atomic mass is 16.6. The van der Waals surface area contributed by atoms with Crippen LogP contribution < -0.4 is 16.4 Å². The summed E-state index contributed by atoms with van der Waals surface area (Å²) in [4.78, 5) is 29.9. The summed E-state index contributed by atoms with van der Waals surface area (Å²) in [6.45, 7) is 6.54. The highest BCUT2D eigenvalue weighted by molar-refractivity contribution is 5.94. The molecule has 0 bridgehead atoms. The second kappa shape index (κ2) is 11.2. The third-order valence-electron chi connectivity index (χ3n) is 4.53. The third-order valence-corrected chi connectivity index (χ3v) is 4.53. The molecule has 0 aliphatic carbocycles. The van der Waals surface area contributed by atoms with E-state index < -0.39 is 0 Å². The van der Waals surface area contributed by atoms with Crippen LogP contribution in [0.15, 0.2) is 29.3 Å². The molecule has 0 atom stereocenters.